The van der Waals surface area contributed by atoms with Gasteiger partial charge in [0.05, 0.1) is 34.4 Å². The summed E-state index contributed by atoms with van der Waals surface area (Å²) in [5.41, 5.74) is 0.820. The van der Waals surface area contributed by atoms with Crippen molar-refractivity contribution in [2.24, 2.45) is 5.41 Å². The van der Waals surface area contributed by atoms with E-state index in [1.165, 1.54) is 17.3 Å². The molecule has 0 saturated carbocycles. The maximum absolute atomic E-state index is 10.9. The summed E-state index contributed by atoms with van der Waals surface area (Å²) in [5.74, 6) is 0.152. The molecule has 2 aromatic rings. The topological polar surface area (TPSA) is 69.4 Å². The van der Waals surface area contributed by atoms with Crippen molar-refractivity contribution in [3.63, 3.8) is 0 Å². The number of allylic oxidation sites excluding steroid dienone is 1. The van der Waals surface area contributed by atoms with Crippen LogP contribution in [0.4, 0.5) is 0 Å². The van der Waals surface area contributed by atoms with Gasteiger partial charge >= 0.3 is 0 Å². The molecule has 1 aromatic heterocycles. The molecular weight excluding hydrogens is 353 g/mol. The van der Waals surface area contributed by atoms with Crippen molar-refractivity contribution >= 4 is 28.9 Å². The van der Waals surface area contributed by atoms with Gasteiger partial charge in [0.15, 0.2) is 0 Å². The van der Waals surface area contributed by atoms with E-state index in [1.54, 1.807) is 12.1 Å². The molecule has 8 heteroatoms. The van der Waals surface area contributed by atoms with Gasteiger partial charge in [0.25, 0.3) is 0 Å². The normalized spacial score (nSPS) is 18.3. The van der Waals surface area contributed by atoms with E-state index in [0.717, 1.165) is 5.56 Å². The molecule has 3 rings (SSSR count). The Morgan fingerprint density at radius 2 is 2.04 bits per heavy atom. The first-order chi connectivity index (χ1) is 11.5. The first kappa shape index (κ1) is 17.2. The van der Waals surface area contributed by atoms with Crippen LogP contribution < -0.4 is 0 Å². The molecule has 128 valence electrons. The number of nitrogens with zero attached hydrogens (tertiary/aromatic N) is 3. The van der Waals surface area contributed by atoms with Gasteiger partial charge in [0.2, 0.25) is 0 Å². The van der Waals surface area contributed by atoms with Crippen molar-refractivity contribution in [2.45, 2.75) is 13.3 Å². The number of benzene rings is 1. The summed E-state index contributed by atoms with van der Waals surface area (Å²) in [5, 5.41) is 16.0. The van der Waals surface area contributed by atoms with Gasteiger partial charge in [-0.2, -0.15) is 5.10 Å². The standard InChI is InChI=1S/C16H17Cl2N3O3/c1-16(6-23-10-24-7-16)15(22)14(21-9-19-8-20-21)5-11-2-3-12(17)13(18)4-11/h2-4,8-9,22H,5-7,10H2,1H3. The van der Waals surface area contributed by atoms with Crippen molar-refractivity contribution < 1.29 is 14.6 Å². The van der Waals surface area contributed by atoms with Crippen molar-refractivity contribution in [3.05, 3.63) is 52.2 Å². The van der Waals surface area contributed by atoms with Crippen molar-refractivity contribution in [3.8, 4) is 0 Å². The van der Waals surface area contributed by atoms with Gasteiger partial charge in [-0.25, -0.2) is 9.67 Å². The van der Waals surface area contributed by atoms with Gasteiger partial charge in [-0.3, -0.25) is 0 Å². The summed E-state index contributed by atoms with van der Waals surface area (Å²) in [4.78, 5) is 3.96. The van der Waals surface area contributed by atoms with Crippen LogP contribution in [0.1, 0.15) is 12.5 Å². The molecule has 1 fully saturated rings. The van der Waals surface area contributed by atoms with Gasteiger partial charge in [-0.15, -0.1) is 0 Å². The van der Waals surface area contributed by atoms with Crippen LogP contribution in [0.15, 0.2) is 36.6 Å². The number of aliphatic hydroxyl groups is 1. The molecule has 1 aromatic carbocycles. The average molecular weight is 370 g/mol. The first-order valence-corrected chi connectivity index (χ1v) is 8.12. The van der Waals surface area contributed by atoms with E-state index in [-0.39, 0.29) is 12.6 Å². The van der Waals surface area contributed by atoms with Crippen LogP contribution in [0.5, 0.6) is 0 Å². The Morgan fingerprint density at radius 1 is 1.29 bits per heavy atom. The third kappa shape index (κ3) is 3.57. The lowest BCUT2D eigenvalue weighted by molar-refractivity contribution is -0.155. The molecule has 24 heavy (non-hydrogen) atoms. The maximum atomic E-state index is 10.9. The van der Waals surface area contributed by atoms with E-state index in [1.807, 2.05) is 13.0 Å². The highest BCUT2D eigenvalue weighted by Gasteiger charge is 2.36. The smallest absolute Gasteiger partial charge is 0.146 e. The second-order valence-corrected chi connectivity index (χ2v) is 6.75. The minimum Gasteiger partial charge on any atom is -0.510 e. The quantitative estimate of drug-likeness (QED) is 0.834. The van der Waals surface area contributed by atoms with Crippen LogP contribution in [0.2, 0.25) is 10.0 Å². The predicted octanol–water partition coefficient (Wildman–Crippen LogP) is 3.56. The molecule has 0 bridgehead atoms. The fraction of sp³-hybridized carbons (Fsp3) is 0.375. The zero-order chi connectivity index (χ0) is 17.2. The highest BCUT2D eigenvalue weighted by Crippen LogP contribution is 2.34. The Kier molecular flexibility index (Phi) is 5.10. The Hall–Kier alpha value is -1.60. The lowest BCUT2D eigenvalue weighted by Gasteiger charge is -2.33. The average Bonchev–Trinajstić information content (AvgIpc) is 3.10. The molecule has 0 atom stereocenters. The molecule has 0 spiro atoms. The Bertz CT molecular complexity index is 741. The zero-order valence-electron chi connectivity index (χ0n) is 13.1. The van der Waals surface area contributed by atoms with Crippen molar-refractivity contribution in [1.29, 1.82) is 0 Å². The van der Waals surface area contributed by atoms with E-state index in [4.69, 9.17) is 32.7 Å². The van der Waals surface area contributed by atoms with Crippen LogP contribution in [-0.2, 0) is 15.9 Å². The molecular formula is C16H17Cl2N3O3. The van der Waals surface area contributed by atoms with Gasteiger partial charge in [0.1, 0.15) is 25.2 Å². The molecule has 0 aliphatic carbocycles. The molecule has 1 aliphatic rings. The number of hydrogen-bond donors (Lipinski definition) is 1. The molecule has 1 saturated heterocycles. The van der Waals surface area contributed by atoms with Crippen molar-refractivity contribution in [2.75, 3.05) is 20.0 Å². The van der Waals surface area contributed by atoms with Crippen LogP contribution in [0.3, 0.4) is 0 Å². The molecule has 6 nitrogen and oxygen atoms in total. The first-order valence-electron chi connectivity index (χ1n) is 7.36. The van der Waals surface area contributed by atoms with Gasteiger partial charge < -0.3 is 14.6 Å². The summed E-state index contributed by atoms with van der Waals surface area (Å²) in [6.07, 6.45) is 3.36. The third-order valence-electron chi connectivity index (χ3n) is 3.90. The second-order valence-electron chi connectivity index (χ2n) is 5.94. The highest BCUT2D eigenvalue weighted by atomic mass is 35.5. The molecule has 1 N–H and O–H groups in total. The molecule has 1 aliphatic heterocycles. The number of aromatic nitrogens is 3. The largest absolute Gasteiger partial charge is 0.510 e. The molecule has 2 heterocycles. The lowest BCUT2D eigenvalue weighted by Crippen LogP contribution is -2.37. The number of aliphatic hydroxyl groups excluding tert-OH is 1. The Balaban J connectivity index is 2.00. The predicted molar refractivity (Wildman–Crippen MR) is 90.9 cm³/mol. The number of halogens is 2. The molecule has 0 amide bonds. The van der Waals surface area contributed by atoms with Crippen LogP contribution in [-0.4, -0.2) is 39.9 Å². The van der Waals surface area contributed by atoms with Crippen LogP contribution in [0.25, 0.3) is 5.70 Å². The van der Waals surface area contributed by atoms with Gasteiger partial charge in [0, 0.05) is 6.42 Å². The fourth-order valence-corrected chi connectivity index (χ4v) is 2.90. The Labute approximate surface area is 149 Å². The van der Waals surface area contributed by atoms with Crippen molar-refractivity contribution in [1.82, 2.24) is 14.8 Å². The number of ether oxygens (including phenoxy) is 2. The molecule has 0 radical (unpaired) electrons. The summed E-state index contributed by atoms with van der Waals surface area (Å²) in [6, 6.07) is 5.35. The molecule has 0 unspecified atom stereocenters. The summed E-state index contributed by atoms with van der Waals surface area (Å²) in [6.45, 7) is 2.83. The van der Waals surface area contributed by atoms with Gasteiger partial charge in [-0.05, 0) is 24.6 Å². The maximum Gasteiger partial charge on any atom is 0.146 e. The Morgan fingerprint density at radius 3 is 2.67 bits per heavy atom. The SMILES string of the molecule is CC1(C(O)=C(Cc2ccc(Cl)c(Cl)c2)n2cncn2)COCOC1. The summed E-state index contributed by atoms with van der Waals surface area (Å²) >= 11 is 12.1. The minimum absolute atomic E-state index is 0.152. The number of rotatable bonds is 4. The lowest BCUT2D eigenvalue weighted by atomic mass is 9.87. The minimum atomic E-state index is -0.657. The van der Waals surface area contributed by atoms with Gasteiger partial charge in [-0.1, -0.05) is 29.3 Å². The monoisotopic (exact) mass is 369 g/mol. The van der Waals surface area contributed by atoms with E-state index in [0.29, 0.717) is 35.4 Å². The van der Waals surface area contributed by atoms with E-state index in [9.17, 15) is 5.11 Å². The van der Waals surface area contributed by atoms with E-state index in [2.05, 4.69) is 10.1 Å². The number of hydrogen-bond acceptors (Lipinski definition) is 5. The fourth-order valence-electron chi connectivity index (χ4n) is 2.58. The van der Waals surface area contributed by atoms with E-state index >= 15 is 0 Å². The van der Waals surface area contributed by atoms with Crippen LogP contribution in [0, 0.1) is 5.41 Å². The van der Waals surface area contributed by atoms with E-state index < -0.39 is 5.41 Å². The summed E-state index contributed by atoms with van der Waals surface area (Å²) in [7, 11) is 0. The zero-order valence-corrected chi connectivity index (χ0v) is 14.6. The van der Waals surface area contributed by atoms with Crippen LogP contribution >= 0.6 is 23.2 Å². The third-order valence-corrected chi connectivity index (χ3v) is 4.64. The second kappa shape index (κ2) is 7.11. The highest BCUT2D eigenvalue weighted by molar-refractivity contribution is 6.42. The summed E-state index contributed by atoms with van der Waals surface area (Å²) < 4.78 is 12.3.